The lowest BCUT2D eigenvalue weighted by atomic mass is 10.3. The summed E-state index contributed by atoms with van der Waals surface area (Å²) in [5, 5.41) is 13.4. The number of aromatic nitrogens is 2. The van der Waals surface area contributed by atoms with Crippen LogP contribution < -0.4 is 5.11 Å². The standard InChI is InChI=1S/C6H4BrF3N2O2/c1-12-3(5(13)14)2(7)4(11-12)6(8,9)10/h1H3,(H,13,14)/p-1. The summed E-state index contributed by atoms with van der Waals surface area (Å²) in [5.41, 5.74) is -1.92. The molecule has 0 unspecified atom stereocenters. The fourth-order valence-electron chi connectivity index (χ4n) is 0.901. The van der Waals surface area contributed by atoms with Gasteiger partial charge in [0.25, 0.3) is 0 Å². The molecular weight excluding hydrogens is 269 g/mol. The van der Waals surface area contributed by atoms with Crippen LogP contribution in [0.1, 0.15) is 16.2 Å². The summed E-state index contributed by atoms with van der Waals surface area (Å²) in [6, 6.07) is 0. The second-order valence-corrected chi connectivity index (χ2v) is 3.21. The third kappa shape index (κ3) is 1.74. The molecule has 0 radical (unpaired) electrons. The number of halogens is 4. The number of carbonyl (C=O) groups is 1. The van der Waals surface area contributed by atoms with E-state index in [1.165, 1.54) is 0 Å². The lowest BCUT2D eigenvalue weighted by molar-refractivity contribution is -0.255. The van der Waals surface area contributed by atoms with Gasteiger partial charge in [-0.3, -0.25) is 4.68 Å². The van der Waals surface area contributed by atoms with Crippen LogP contribution in [0.5, 0.6) is 0 Å². The van der Waals surface area contributed by atoms with Crippen molar-refractivity contribution in [1.29, 1.82) is 0 Å². The lowest BCUT2D eigenvalue weighted by Gasteiger charge is -2.03. The van der Waals surface area contributed by atoms with E-state index in [0.29, 0.717) is 4.68 Å². The first-order valence-electron chi connectivity index (χ1n) is 3.26. The van der Waals surface area contributed by atoms with Crippen molar-refractivity contribution in [1.82, 2.24) is 9.78 Å². The quantitative estimate of drug-likeness (QED) is 0.750. The number of carboxylic acids is 1. The molecule has 8 heteroatoms. The zero-order chi connectivity index (χ0) is 11.1. The minimum atomic E-state index is -4.69. The number of aromatic carboxylic acids is 1. The molecule has 0 amide bonds. The van der Waals surface area contributed by atoms with Crippen LogP contribution in [-0.2, 0) is 13.2 Å². The first-order chi connectivity index (χ1) is 6.25. The number of hydrogen-bond acceptors (Lipinski definition) is 3. The van der Waals surface area contributed by atoms with Gasteiger partial charge in [-0.05, 0) is 15.9 Å². The molecule has 0 atom stereocenters. The minimum absolute atomic E-state index is 0.599. The van der Waals surface area contributed by atoms with E-state index in [9.17, 15) is 23.1 Å². The highest BCUT2D eigenvalue weighted by Gasteiger charge is 2.38. The molecule has 0 spiro atoms. The molecule has 78 valence electrons. The second kappa shape index (κ2) is 3.26. The summed E-state index contributed by atoms with van der Waals surface area (Å²) >= 11 is 2.51. The lowest BCUT2D eigenvalue weighted by Crippen LogP contribution is -2.25. The van der Waals surface area contributed by atoms with E-state index in [0.717, 1.165) is 7.05 Å². The third-order valence-electron chi connectivity index (χ3n) is 1.45. The molecule has 4 nitrogen and oxygen atoms in total. The van der Waals surface area contributed by atoms with E-state index in [2.05, 4.69) is 21.0 Å². The summed E-state index contributed by atoms with van der Waals surface area (Å²) in [4.78, 5) is 10.4. The predicted octanol–water partition coefficient (Wildman–Crippen LogP) is 0.565. The van der Waals surface area contributed by atoms with Gasteiger partial charge in [0, 0.05) is 7.05 Å². The van der Waals surface area contributed by atoms with Gasteiger partial charge in [-0.2, -0.15) is 18.3 Å². The van der Waals surface area contributed by atoms with Crippen molar-refractivity contribution < 1.29 is 23.1 Å². The van der Waals surface area contributed by atoms with Crippen LogP contribution in [0, 0.1) is 0 Å². The number of carboxylic acid groups (broad SMARTS) is 1. The van der Waals surface area contributed by atoms with Crippen molar-refractivity contribution in [3.63, 3.8) is 0 Å². The molecule has 0 bridgehead atoms. The fraction of sp³-hybridized carbons (Fsp3) is 0.333. The first-order valence-corrected chi connectivity index (χ1v) is 4.05. The van der Waals surface area contributed by atoms with E-state index >= 15 is 0 Å². The molecule has 0 aliphatic heterocycles. The highest BCUT2D eigenvalue weighted by atomic mass is 79.9. The Labute approximate surface area is 84.5 Å². The summed E-state index contributed by atoms with van der Waals surface area (Å²) in [7, 11) is 1.09. The highest BCUT2D eigenvalue weighted by molar-refractivity contribution is 9.10. The van der Waals surface area contributed by atoms with Crippen LogP contribution in [0.4, 0.5) is 13.2 Å². The maximum Gasteiger partial charge on any atom is 0.436 e. The van der Waals surface area contributed by atoms with Gasteiger partial charge in [0.1, 0.15) is 0 Å². The average molecular weight is 272 g/mol. The van der Waals surface area contributed by atoms with Gasteiger partial charge in [-0.25, -0.2) is 0 Å². The van der Waals surface area contributed by atoms with Crippen molar-refractivity contribution in [2.75, 3.05) is 0 Å². The van der Waals surface area contributed by atoms with Gasteiger partial charge >= 0.3 is 6.18 Å². The maximum atomic E-state index is 12.2. The molecule has 0 saturated carbocycles. The number of alkyl halides is 3. The Kier molecular flexibility index (Phi) is 2.57. The first kappa shape index (κ1) is 11.0. The Morgan fingerprint density at radius 1 is 1.57 bits per heavy atom. The highest BCUT2D eigenvalue weighted by Crippen LogP contribution is 2.35. The summed E-state index contributed by atoms with van der Waals surface area (Å²) in [6.45, 7) is 0. The molecule has 1 rings (SSSR count). The van der Waals surface area contributed by atoms with Crippen LogP contribution in [0.2, 0.25) is 0 Å². The number of hydrogen-bond donors (Lipinski definition) is 0. The molecular formula is C6H3BrF3N2O2-. The zero-order valence-electron chi connectivity index (χ0n) is 6.72. The van der Waals surface area contributed by atoms with Crippen LogP contribution in [-0.4, -0.2) is 15.7 Å². The van der Waals surface area contributed by atoms with Gasteiger partial charge in [0.05, 0.1) is 16.1 Å². The van der Waals surface area contributed by atoms with Crippen molar-refractivity contribution in [3.8, 4) is 0 Å². The van der Waals surface area contributed by atoms with Crippen LogP contribution in [0.15, 0.2) is 4.47 Å². The smallest absolute Gasteiger partial charge is 0.436 e. The van der Waals surface area contributed by atoms with Crippen molar-refractivity contribution in [3.05, 3.63) is 15.9 Å². The van der Waals surface area contributed by atoms with E-state index in [-0.39, 0.29) is 0 Å². The van der Waals surface area contributed by atoms with E-state index in [1.54, 1.807) is 0 Å². The van der Waals surface area contributed by atoms with Gasteiger partial charge in [0.15, 0.2) is 5.69 Å². The predicted molar refractivity (Wildman–Crippen MR) is 40.2 cm³/mol. The third-order valence-corrected chi connectivity index (χ3v) is 2.20. The molecule has 1 aromatic rings. The van der Waals surface area contributed by atoms with Crippen LogP contribution >= 0.6 is 15.9 Å². The SMILES string of the molecule is Cn1nc(C(F)(F)F)c(Br)c1C(=O)[O-]. The van der Waals surface area contributed by atoms with Crippen molar-refractivity contribution >= 4 is 21.9 Å². The van der Waals surface area contributed by atoms with Gasteiger partial charge in [-0.15, -0.1) is 0 Å². The van der Waals surface area contributed by atoms with Crippen LogP contribution in [0.25, 0.3) is 0 Å². The Morgan fingerprint density at radius 3 is 2.29 bits per heavy atom. The van der Waals surface area contributed by atoms with Gasteiger partial charge in [0.2, 0.25) is 0 Å². The Bertz CT molecular complexity index is 385. The number of carbonyl (C=O) groups excluding carboxylic acids is 1. The molecule has 14 heavy (non-hydrogen) atoms. The topological polar surface area (TPSA) is 58.0 Å². The Balaban J connectivity index is 3.39. The Morgan fingerprint density at radius 2 is 2.07 bits per heavy atom. The Hall–Kier alpha value is -1.05. The molecule has 0 aliphatic carbocycles. The summed E-state index contributed by atoms with van der Waals surface area (Å²) in [5.74, 6) is -1.72. The van der Waals surface area contributed by atoms with Gasteiger partial charge < -0.3 is 9.90 Å². The fourth-order valence-corrected chi connectivity index (χ4v) is 1.62. The largest absolute Gasteiger partial charge is 0.543 e. The van der Waals surface area contributed by atoms with E-state index < -0.39 is 28.0 Å². The average Bonchev–Trinajstić information content (AvgIpc) is 2.24. The van der Waals surface area contributed by atoms with Crippen LogP contribution in [0.3, 0.4) is 0 Å². The van der Waals surface area contributed by atoms with E-state index in [1.807, 2.05) is 0 Å². The summed E-state index contributed by atoms with van der Waals surface area (Å²) in [6.07, 6.45) is -4.69. The number of aryl methyl sites for hydroxylation is 1. The normalized spacial score (nSPS) is 11.8. The minimum Gasteiger partial charge on any atom is -0.543 e. The van der Waals surface area contributed by atoms with Crippen molar-refractivity contribution in [2.24, 2.45) is 7.05 Å². The van der Waals surface area contributed by atoms with Crippen molar-refractivity contribution in [2.45, 2.75) is 6.18 Å². The second-order valence-electron chi connectivity index (χ2n) is 2.42. The van der Waals surface area contributed by atoms with Gasteiger partial charge in [-0.1, -0.05) is 0 Å². The molecule has 0 aliphatic rings. The molecule has 0 aromatic carbocycles. The van der Waals surface area contributed by atoms with E-state index in [4.69, 9.17) is 0 Å². The zero-order valence-corrected chi connectivity index (χ0v) is 8.31. The number of rotatable bonds is 1. The molecule has 1 heterocycles. The molecule has 0 fully saturated rings. The monoisotopic (exact) mass is 271 g/mol. The molecule has 0 saturated heterocycles. The molecule has 1 aromatic heterocycles. The maximum absolute atomic E-state index is 12.2. The summed E-state index contributed by atoms with van der Waals surface area (Å²) < 4.78 is 36.5. The number of nitrogens with zero attached hydrogens (tertiary/aromatic N) is 2. The molecule has 0 N–H and O–H groups in total.